The number of piperazine rings is 1. The van der Waals surface area contributed by atoms with Crippen molar-refractivity contribution < 1.29 is 4.74 Å². The Kier molecular flexibility index (Phi) is 6.38. The number of aromatic nitrogens is 5. The van der Waals surface area contributed by atoms with E-state index in [0.717, 1.165) is 48.6 Å². The highest BCUT2D eigenvalue weighted by Gasteiger charge is 2.15. The summed E-state index contributed by atoms with van der Waals surface area (Å²) in [5.74, 6) is 2.61. The molecule has 3 N–H and O–H groups in total. The molecule has 0 amide bonds. The Bertz CT molecular complexity index is 1020. The van der Waals surface area contributed by atoms with Gasteiger partial charge in [0.2, 0.25) is 5.95 Å². The highest BCUT2D eigenvalue weighted by Crippen LogP contribution is 2.26. The number of pyridine rings is 1. The van der Waals surface area contributed by atoms with E-state index in [0.29, 0.717) is 17.6 Å². The Morgan fingerprint density at radius 3 is 2.58 bits per heavy atom. The van der Waals surface area contributed by atoms with Crippen LogP contribution >= 0.6 is 0 Å². The lowest BCUT2D eigenvalue weighted by Gasteiger charge is -2.27. The molecule has 0 aromatic carbocycles. The molecule has 0 aliphatic carbocycles. The second kappa shape index (κ2) is 9.36. The van der Waals surface area contributed by atoms with E-state index in [1.54, 1.807) is 13.3 Å². The van der Waals surface area contributed by atoms with Gasteiger partial charge in [0, 0.05) is 50.9 Å². The van der Waals surface area contributed by atoms with Gasteiger partial charge in [-0.1, -0.05) is 0 Å². The molecule has 1 saturated heterocycles. The topological polar surface area (TPSA) is 113 Å². The number of nitrogens with zero attached hydrogens (tertiary/aromatic N) is 6. The first-order valence-corrected chi connectivity index (χ1v) is 10.6. The van der Waals surface area contributed by atoms with E-state index in [-0.39, 0.29) is 12.1 Å². The predicted molar refractivity (Wildman–Crippen MR) is 122 cm³/mol. The smallest absolute Gasteiger partial charge is 0.229 e. The average molecular weight is 424 g/mol. The molecule has 10 nitrogen and oxygen atoms in total. The van der Waals surface area contributed by atoms with Gasteiger partial charge in [0.25, 0.3) is 0 Å². The number of ether oxygens (including phenoxy) is 1. The van der Waals surface area contributed by atoms with E-state index in [2.05, 4.69) is 54.9 Å². The van der Waals surface area contributed by atoms with Crippen LogP contribution in [0, 0.1) is 0 Å². The summed E-state index contributed by atoms with van der Waals surface area (Å²) in [6.45, 7) is 9.87. The van der Waals surface area contributed by atoms with Gasteiger partial charge in [0.05, 0.1) is 11.8 Å². The van der Waals surface area contributed by atoms with Gasteiger partial charge in [0.1, 0.15) is 5.52 Å². The third-order valence-electron chi connectivity index (χ3n) is 5.11. The molecule has 1 aliphatic rings. The number of fused-ring (bicyclic) bond motifs is 1. The Morgan fingerprint density at radius 1 is 1.10 bits per heavy atom. The number of rotatable bonds is 7. The van der Waals surface area contributed by atoms with Gasteiger partial charge in [-0.2, -0.15) is 0 Å². The Morgan fingerprint density at radius 2 is 1.90 bits per heavy atom. The van der Waals surface area contributed by atoms with Crippen LogP contribution in [0.5, 0.6) is 0 Å². The van der Waals surface area contributed by atoms with Gasteiger partial charge in [-0.15, -0.1) is 10.2 Å². The third kappa shape index (κ3) is 4.97. The molecule has 1 fully saturated rings. The molecule has 31 heavy (non-hydrogen) atoms. The first-order valence-electron chi connectivity index (χ1n) is 10.6. The zero-order chi connectivity index (χ0) is 21.8. The highest BCUT2D eigenvalue weighted by molar-refractivity contribution is 5.89. The van der Waals surface area contributed by atoms with E-state index in [1.165, 1.54) is 0 Å². The summed E-state index contributed by atoms with van der Waals surface area (Å²) >= 11 is 0. The number of hydrogen-bond acceptors (Lipinski definition) is 10. The molecule has 0 radical (unpaired) electrons. The molecule has 10 heteroatoms. The summed E-state index contributed by atoms with van der Waals surface area (Å²) in [6, 6.07) is 6.03. The van der Waals surface area contributed by atoms with Gasteiger partial charge in [-0.3, -0.25) is 0 Å². The van der Waals surface area contributed by atoms with Crippen molar-refractivity contribution in [2.45, 2.75) is 32.9 Å². The molecule has 4 rings (SSSR count). The van der Waals surface area contributed by atoms with E-state index >= 15 is 0 Å². The first-order chi connectivity index (χ1) is 15.0. The summed E-state index contributed by atoms with van der Waals surface area (Å²) in [5.41, 5.74) is 1.57. The standard InChI is InChI=1S/C21H29N9O/c1-13(2)24-20-19-15(11-16(25-20)14(3)31-4)12-23-21(27-19)26-17-5-6-18(29-28-17)30-9-7-22-8-10-30/h5-6,11-14,22H,7-10H2,1-4H3,(H,24,25)(H,23,26,27,28). The van der Waals surface area contributed by atoms with Crippen molar-refractivity contribution in [3.8, 4) is 0 Å². The summed E-state index contributed by atoms with van der Waals surface area (Å²) in [4.78, 5) is 16.1. The van der Waals surface area contributed by atoms with Crippen LogP contribution < -0.4 is 20.9 Å². The Balaban J connectivity index is 1.59. The van der Waals surface area contributed by atoms with Crippen LogP contribution in [0.25, 0.3) is 10.9 Å². The van der Waals surface area contributed by atoms with Crippen LogP contribution in [0.4, 0.5) is 23.4 Å². The minimum absolute atomic E-state index is 0.126. The molecule has 1 unspecified atom stereocenters. The molecular formula is C21H29N9O. The summed E-state index contributed by atoms with van der Waals surface area (Å²) in [6.07, 6.45) is 1.66. The molecule has 1 aliphatic heterocycles. The normalized spacial score (nSPS) is 15.3. The average Bonchev–Trinajstić information content (AvgIpc) is 2.79. The Hall–Kier alpha value is -3.11. The molecule has 3 aromatic rings. The van der Waals surface area contributed by atoms with Crippen LogP contribution in [0.1, 0.15) is 32.6 Å². The number of hydrogen-bond donors (Lipinski definition) is 3. The summed E-state index contributed by atoms with van der Waals surface area (Å²) in [5, 5.41) is 19.4. The summed E-state index contributed by atoms with van der Waals surface area (Å²) < 4.78 is 5.44. The van der Waals surface area contributed by atoms with Crippen LogP contribution in [0.2, 0.25) is 0 Å². The molecule has 1 atom stereocenters. The number of methoxy groups -OCH3 is 1. The van der Waals surface area contributed by atoms with Gasteiger partial charge in [0.15, 0.2) is 17.5 Å². The highest BCUT2D eigenvalue weighted by atomic mass is 16.5. The predicted octanol–water partition coefficient (Wildman–Crippen LogP) is 2.50. The van der Waals surface area contributed by atoms with E-state index in [9.17, 15) is 0 Å². The van der Waals surface area contributed by atoms with Gasteiger partial charge < -0.3 is 25.6 Å². The monoisotopic (exact) mass is 423 g/mol. The molecule has 0 bridgehead atoms. The fraction of sp³-hybridized carbons (Fsp3) is 0.476. The van der Waals surface area contributed by atoms with E-state index in [4.69, 9.17) is 9.72 Å². The largest absolute Gasteiger partial charge is 0.375 e. The minimum atomic E-state index is -0.126. The van der Waals surface area contributed by atoms with E-state index < -0.39 is 0 Å². The van der Waals surface area contributed by atoms with Crippen molar-refractivity contribution in [3.05, 3.63) is 30.1 Å². The molecule has 4 heterocycles. The Labute approximate surface area is 181 Å². The van der Waals surface area contributed by atoms with Crippen LogP contribution in [-0.4, -0.2) is 64.5 Å². The van der Waals surface area contributed by atoms with E-state index in [1.807, 2.05) is 25.1 Å². The van der Waals surface area contributed by atoms with Gasteiger partial charge in [-0.25, -0.2) is 15.0 Å². The quantitative estimate of drug-likeness (QED) is 0.524. The maximum absolute atomic E-state index is 5.44. The van der Waals surface area contributed by atoms with Crippen molar-refractivity contribution in [2.24, 2.45) is 0 Å². The second-order valence-electron chi connectivity index (χ2n) is 7.84. The summed E-state index contributed by atoms with van der Waals surface area (Å²) in [7, 11) is 1.67. The van der Waals surface area contributed by atoms with Crippen LogP contribution in [-0.2, 0) is 4.74 Å². The van der Waals surface area contributed by atoms with Gasteiger partial charge in [-0.05, 0) is 39.0 Å². The number of nitrogens with one attached hydrogen (secondary N) is 3. The van der Waals surface area contributed by atoms with Crippen molar-refractivity contribution in [1.29, 1.82) is 0 Å². The van der Waals surface area contributed by atoms with Crippen molar-refractivity contribution in [3.63, 3.8) is 0 Å². The lowest BCUT2D eigenvalue weighted by Crippen LogP contribution is -2.43. The SMILES string of the molecule is COC(C)c1cc2cnc(Nc3ccc(N4CCNCC4)nn3)nc2c(NC(C)C)n1. The molecule has 3 aromatic heterocycles. The first kappa shape index (κ1) is 21.1. The zero-order valence-corrected chi connectivity index (χ0v) is 18.4. The molecular weight excluding hydrogens is 394 g/mol. The minimum Gasteiger partial charge on any atom is -0.375 e. The van der Waals surface area contributed by atoms with Crippen molar-refractivity contribution >= 4 is 34.3 Å². The van der Waals surface area contributed by atoms with Crippen LogP contribution in [0.15, 0.2) is 24.4 Å². The lowest BCUT2D eigenvalue weighted by atomic mass is 10.2. The van der Waals surface area contributed by atoms with Crippen molar-refractivity contribution in [1.82, 2.24) is 30.5 Å². The fourth-order valence-corrected chi connectivity index (χ4v) is 3.39. The third-order valence-corrected chi connectivity index (χ3v) is 5.11. The molecule has 0 spiro atoms. The second-order valence-corrected chi connectivity index (χ2v) is 7.84. The zero-order valence-electron chi connectivity index (χ0n) is 18.4. The fourth-order valence-electron chi connectivity index (χ4n) is 3.39. The van der Waals surface area contributed by atoms with Crippen LogP contribution in [0.3, 0.4) is 0 Å². The molecule has 164 valence electrons. The maximum Gasteiger partial charge on any atom is 0.229 e. The van der Waals surface area contributed by atoms with Gasteiger partial charge >= 0.3 is 0 Å². The lowest BCUT2D eigenvalue weighted by molar-refractivity contribution is 0.116. The number of anilines is 4. The van der Waals surface area contributed by atoms with Crippen molar-refractivity contribution in [2.75, 3.05) is 48.8 Å². The maximum atomic E-state index is 5.44. The molecule has 0 saturated carbocycles.